The Balaban J connectivity index is 1.89. The molecule has 0 saturated carbocycles. The lowest BCUT2D eigenvalue weighted by molar-refractivity contribution is -0.137. The van der Waals surface area contributed by atoms with Gasteiger partial charge in [-0.2, -0.15) is 13.2 Å². The molecule has 5 nitrogen and oxygen atoms in total. The van der Waals surface area contributed by atoms with E-state index in [9.17, 15) is 22.8 Å². The van der Waals surface area contributed by atoms with Crippen molar-refractivity contribution in [3.8, 4) is 0 Å². The van der Waals surface area contributed by atoms with Gasteiger partial charge in [0.25, 0.3) is 5.91 Å². The minimum atomic E-state index is -4.56. The molecular weight excluding hydrogens is 359 g/mol. The second-order valence-corrected chi connectivity index (χ2v) is 5.63. The van der Waals surface area contributed by atoms with Crippen molar-refractivity contribution in [2.75, 3.05) is 5.43 Å². The maximum atomic E-state index is 12.9. The third kappa shape index (κ3) is 6.18. The fraction of sp³-hybridized carbons (Fsp3) is 0.158. The molecule has 0 saturated heterocycles. The Hall–Kier alpha value is -3.29. The first-order valence-corrected chi connectivity index (χ1v) is 8.03. The van der Waals surface area contributed by atoms with E-state index in [2.05, 4.69) is 16.2 Å². The predicted molar refractivity (Wildman–Crippen MR) is 96.3 cm³/mol. The Morgan fingerprint density at radius 1 is 1.00 bits per heavy atom. The van der Waals surface area contributed by atoms with Gasteiger partial charge in [-0.3, -0.25) is 20.4 Å². The van der Waals surface area contributed by atoms with Crippen molar-refractivity contribution in [1.82, 2.24) is 10.7 Å². The van der Waals surface area contributed by atoms with E-state index in [1.54, 1.807) is 6.08 Å². The van der Waals surface area contributed by atoms with Gasteiger partial charge in [0.05, 0.1) is 11.3 Å². The largest absolute Gasteiger partial charge is 0.418 e. The molecule has 27 heavy (non-hydrogen) atoms. The Labute approximate surface area is 154 Å². The number of alkyl halides is 3. The fourth-order valence-corrected chi connectivity index (χ4v) is 2.14. The van der Waals surface area contributed by atoms with Gasteiger partial charge in [-0.05, 0) is 30.7 Å². The zero-order valence-corrected chi connectivity index (χ0v) is 14.4. The lowest BCUT2D eigenvalue weighted by Gasteiger charge is -2.17. The second-order valence-electron chi connectivity index (χ2n) is 5.63. The highest BCUT2D eigenvalue weighted by atomic mass is 19.4. The number of benzene rings is 2. The first-order chi connectivity index (χ1) is 12.8. The lowest BCUT2D eigenvalue weighted by Crippen LogP contribution is -2.46. The van der Waals surface area contributed by atoms with Crippen LogP contribution in [-0.4, -0.2) is 17.9 Å². The van der Waals surface area contributed by atoms with Gasteiger partial charge in [0.2, 0.25) is 5.91 Å². The van der Waals surface area contributed by atoms with Crippen LogP contribution in [0.3, 0.4) is 0 Å². The average molecular weight is 377 g/mol. The molecule has 0 aliphatic carbocycles. The highest BCUT2D eigenvalue weighted by molar-refractivity contribution is 5.95. The summed E-state index contributed by atoms with van der Waals surface area (Å²) in [6.45, 7) is 1.42. The molecule has 0 aliphatic rings. The third-order valence-electron chi connectivity index (χ3n) is 3.53. The molecule has 2 aromatic rings. The van der Waals surface area contributed by atoms with E-state index in [-0.39, 0.29) is 5.69 Å². The van der Waals surface area contributed by atoms with Crippen LogP contribution in [0.25, 0.3) is 6.08 Å². The Kier molecular flexibility index (Phi) is 6.59. The van der Waals surface area contributed by atoms with Gasteiger partial charge in [-0.15, -0.1) is 0 Å². The Morgan fingerprint density at radius 3 is 2.30 bits per heavy atom. The highest BCUT2D eigenvalue weighted by Gasteiger charge is 2.33. The molecule has 0 spiro atoms. The zero-order valence-electron chi connectivity index (χ0n) is 14.4. The second kappa shape index (κ2) is 8.88. The quantitative estimate of drug-likeness (QED) is 0.534. The SMILES string of the molecule is CC(NC(=O)/C=C/c1ccccc1)C(=O)NNc1ccccc1C(F)(F)F. The Morgan fingerprint density at radius 2 is 1.63 bits per heavy atom. The molecule has 2 rings (SSSR count). The molecule has 0 fully saturated rings. The van der Waals surface area contributed by atoms with E-state index >= 15 is 0 Å². The topological polar surface area (TPSA) is 70.2 Å². The predicted octanol–water partition coefficient (Wildman–Crippen LogP) is 3.37. The third-order valence-corrected chi connectivity index (χ3v) is 3.53. The van der Waals surface area contributed by atoms with Crippen molar-refractivity contribution < 1.29 is 22.8 Å². The number of hydrogen-bond donors (Lipinski definition) is 3. The number of hydrazine groups is 1. The van der Waals surface area contributed by atoms with Crippen LogP contribution in [0.2, 0.25) is 0 Å². The van der Waals surface area contributed by atoms with Gasteiger partial charge in [-0.1, -0.05) is 42.5 Å². The van der Waals surface area contributed by atoms with E-state index in [1.165, 1.54) is 31.2 Å². The minimum absolute atomic E-state index is 0.291. The van der Waals surface area contributed by atoms with Crippen molar-refractivity contribution in [1.29, 1.82) is 0 Å². The van der Waals surface area contributed by atoms with Crippen LogP contribution >= 0.6 is 0 Å². The lowest BCUT2D eigenvalue weighted by atomic mass is 10.2. The number of hydrogen-bond acceptors (Lipinski definition) is 3. The molecule has 3 N–H and O–H groups in total. The van der Waals surface area contributed by atoms with Gasteiger partial charge in [-0.25, -0.2) is 0 Å². The van der Waals surface area contributed by atoms with Gasteiger partial charge >= 0.3 is 6.18 Å². The molecular formula is C19H18F3N3O2. The molecule has 0 heterocycles. The number of carbonyl (C=O) groups is 2. The van der Waals surface area contributed by atoms with Gasteiger partial charge in [0.15, 0.2) is 0 Å². The van der Waals surface area contributed by atoms with E-state index in [0.717, 1.165) is 11.6 Å². The van der Waals surface area contributed by atoms with Crippen molar-refractivity contribution in [2.24, 2.45) is 0 Å². The Bertz CT molecular complexity index is 820. The fourth-order valence-electron chi connectivity index (χ4n) is 2.14. The van der Waals surface area contributed by atoms with Gasteiger partial charge in [0.1, 0.15) is 6.04 Å². The average Bonchev–Trinajstić information content (AvgIpc) is 2.64. The zero-order chi connectivity index (χ0) is 19.9. The van der Waals surface area contributed by atoms with Crippen molar-refractivity contribution >= 4 is 23.6 Å². The maximum Gasteiger partial charge on any atom is 0.418 e. The molecule has 2 amide bonds. The number of carbonyl (C=O) groups excluding carboxylic acids is 2. The number of para-hydroxylation sites is 1. The molecule has 8 heteroatoms. The van der Waals surface area contributed by atoms with Crippen LogP contribution in [0.15, 0.2) is 60.7 Å². The number of nitrogens with one attached hydrogen (secondary N) is 3. The van der Waals surface area contributed by atoms with Crippen LogP contribution in [-0.2, 0) is 15.8 Å². The van der Waals surface area contributed by atoms with E-state index in [4.69, 9.17) is 0 Å². The van der Waals surface area contributed by atoms with E-state index in [1.807, 2.05) is 30.3 Å². The number of rotatable bonds is 6. The molecule has 142 valence electrons. The summed E-state index contributed by atoms with van der Waals surface area (Å²) in [4.78, 5) is 23.8. The van der Waals surface area contributed by atoms with Crippen LogP contribution in [0.1, 0.15) is 18.1 Å². The van der Waals surface area contributed by atoms with Crippen LogP contribution in [0, 0.1) is 0 Å². The highest BCUT2D eigenvalue weighted by Crippen LogP contribution is 2.34. The molecule has 0 radical (unpaired) electrons. The van der Waals surface area contributed by atoms with Crippen molar-refractivity contribution in [3.05, 3.63) is 71.8 Å². The summed E-state index contributed by atoms with van der Waals surface area (Å²) in [7, 11) is 0. The molecule has 1 atom stereocenters. The number of amides is 2. The maximum absolute atomic E-state index is 12.9. The number of halogens is 3. The summed E-state index contributed by atoms with van der Waals surface area (Å²) in [5.74, 6) is -1.19. The first kappa shape index (κ1) is 20.0. The monoisotopic (exact) mass is 377 g/mol. The molecule has 2 aromatic carbocycles. The summed E-state index contributed by atoms with van der Waals surface area (Å²) < 4.78 is 38.7. The van der Waals surface area contributed by atoms with Crippen molar-refractivity contribution in [2.45, 2.75) is 19.1 Å². The van der Waals surface area contributed by atoms with E-state index < -0.39 is 29.6 Å². The first-order valence-electron chi connectivity index (χ1n) is 8.03. The summed E-state index contributed by atoms with van der Waals surface area (Å²) in [5, 5.41) is 2.43. The van der Waals surface area contributed by atoms with Crippen LogP contribution in [0.4, 0.5) is 18.9 Å². The summed E-state index contributed by atoms with van der Waals surface area (Å²) in [5.41, 5.74) is 4.02. The van der Waals surface area contributed by atoms with Gasteiger partial charge < -0.3 is 5.32 Å². The van der Waals surface area contributed by atoms with Crippen LogP contribution < -0.4 is 16.2 Å². The minimum Gasteiger partial charge on any atom is -0.341 e. The normalized spacial score (nSPS) is 12.4. The summed E-state index contributed by atoms with van der Waals surface area (Å²) in [6.07, 6.45) is -1.71. The smallest absolute Gasteiger partial charge is 0.341 e. The molecule has 0 aromatic heterocycles. The van der Waals surface area contributed by atoms with Crippen molar-refractivity contribution in [3.63, 3.8) is 0 Å². The van der Waals surface area contributed by atoms with E-state index in [0.29, 0.717) is 0 Å². The standard InChI is InChI=1S/C19H18F3N3O2/c1-13(23-17(26)12-11-14-7-3-2-4-8-14)18(27)25-24-16-10-6-5-9-15(16)19(20,21)22/h2-13,24H,1H3,(H,23,26)(H,25,27)/b12-11+. The summed E-state index contributed by atoms with van der Waals surface area (Å²) >= 11 is 0. The molecule has 0 aliphatic heterocycles. The summed E-state index contributed by atoms with van der Waals surface area (Å²) in [6, 6.07) is 12.9. The van der Waals surface area contributed by atoms with Crippen LogP contribution in [0.5, 0.6) is 0 Å². The molecule has 1 unspecified atom stereocenters. The van der Waals surface area contributed by atoms with Gasteiger partial charge in [0, 0.05) is 6.08 Å². The number of anilines is 1. The molecule has 0 bridgehead atoms.